The first kappa shape index (κ1) is 18.1. The Labute approximate surface area is 166 Å². The van der Waals surface area contributed by atoms with E-state index in [0.29, 0.717) is 43.0 Å². The Kier molecular flexibility index (Phi) is 4.43. The number of aliphatic hydroxyl groups excluding tert-OH is 1. The van der Waals surface area contributed by atoms with Gasteiger partial charge in [-0.3, -0.25) is 9.89 Å². The van der Waals surface area contributed by atoms with Crippen molar-refractivity contribution in [3.63, 3.8) is 0 Å². The molecule has 0 unspecified atom stereocenters. The van der Waals surface area contributed by atoms with Crippen LogP contribution in [0.1, 0.15) is 23.3 Å². The number of amides is 1. The number of rotatable bonds is 3. The van der Waals surface area contributed by atoms with Crippen LogP contribution in [-0.4, -0.2) is 56.4 Å². The van der Waals surface area contributed by atoms with E-state index in [1.807, 2.05) is 11.0 Å². The van der Waals surface area contributed by atoms with Crippen LogP contribution in [0.2, 0.25) is 0 Å². The molecule has 1 aliphatic heterocycles. The number of ether oxygens (including phenoxy) is 1. The van der Waals surface area contributed by atoms with E-state index < -0.39 is 6.10 Å². The van der Waals surface area contributed by atoms with E-state index in [-0.39, 0.29) is 29.7 Å². The Hall–Kier alpha value is -3.00. The lowest BCUT2D eigenvalue weighted by Crippen LogP contribution is -2.42. The molecule has 1 aromatic carbocycles. The normalized spacial score (nSPS) is 26.5. The van der Waals surface area contributed by atoms with Crippen molar-refractivity contribution in [2.45, 2.75) is 25.0 Å². The first-order valence-electron chi connectivity index (χ1n) is 9.76. The van der Waals surface area contributed by atoms with Gasteiger partial charge in [-0.05, 0) is 61.1 Å². The molecule has 1 amide bonds. The zero-order valence-corrected chi connectivity index (χ0v) is 15.7. The fourth-order valence-electron chi connectivity index (χ4n) is 4.48. The molecular formula is C21H21FN4O3. The highest BCUT2D eigenvalue weighted by Gasteiger charge is 2.44. The van der Waals surface area contributed by atoms with Crippen LogP contribution in [0.25, 0.3) is 11.0 Å². The molecule has 2 fully saturated rings. The first-order chi connectivity index (χ1) is 14.1. The quantitative estimate of drug-likeness (QED) is 0.709. The van der Waals surface area contributed by atoms with Crippen LogP contribution in [0, 0.1) is 17.7 Å². The topological polar surface area (TPSA) is 91.3 Å². The summed E-state index contributed by atoms with van der Waals surface area (Å²) in [7, 11) is 0. The van der Waals surface area contributed by atoms with E-state index >= 15 is 0 Å². The predicted octanol–water partition coefficient (Wildman–Crippen LogP) is 2.39. The van der Waals surface area contributed by atoms with Gasteiger partial charge in [0.2, 0.25) is 0 Å². The summed E-state index contributed by atoms with van der Waals surface area (Å²) in [6.07, 6.45) is 1.92. The molecule has 0 radical (unpaired) electrons. The number of likely N-dealkylation sites (tertiary alicyclic amines) is 1. The van der Waals surface area contributed by atoms with Crippen molar-refractivity contribution in [3.05, 3.63) is 54.1 Å². The van der Waals surface area contributed by atoms with Crippen LogP contribution in [0.5, 0.6) is 5.75 Å². The molecule has 7 nitrogen and oxygen atoms in total. The van der Waals surface area contributed by atoms with Crippen LogP contribution in [0.3, 0.4) is 0 Å². The molecule has 29 heavy (non-hydrogen) atoms. The van der Waals surface area contributed by atoms with Gasteiger partial charge in [-0.25, -0.2) is 9.37 Å². The molecule has 1 saturated carbocycles. The molecule has 3 heterocycles. The zero-order chi connectivity index (χ0) is 20.0. The summed E-state index contributed by atoms with van der Waals surface area (Å²) in [6.45, 7) is 1.22. The summed E-state index contributed by atoms with van der Waals surface area (Å²) < 4.78 is 19.0. The van der Waals surface area contributed by atoms with Crippen LogP contribution in [0.15, 0.2) is 42.6 Å². The standard InChI is InChI=1S/C21H21FN4O3/c22-15-2-4-16(5-3-15)29-19-8-14-11-26(10-13(14)7-18(19)27)21(28)17-6-1-12-9-23-25-20(12)24-17/h1-6,9,13-14,18-19,27H,7-8,10-11H2,(H,23,24,25)/t13-,14+,18+,19+/m0/s1. The highest BCUT2D eigenvalue weighted by Crippen LogP contribution is 2.38. The van der Waals surface area contributed by atoms with Gasteiger partial charge in [-0.1, -0.05) is 0 Å². The molecular weight excluding hydrogens is 375 g/mol. The maximum Gasteiger partial charge on any atom is 0.272 e. The van der Waals surface area contributed by atoms with Crippen molar-refractivity contribution < 1.29 is 19.0 Å². The maximum absolute atomic E-state index is 13.1. The molecule has 1 saturated heterocycles. The fraction of sp³-hybridized carbons (Fsp3) is 0.381. The van der Waals surface area contributed by atoms with Gasteiger partial charge in [0.05, 0.1) is 12.3 Å². The lowest BCUT2D eigenvalue weighted by molar-refractivity contribution is -0.0231. The number of halogens is 1. The molecule has 1 aliphatic carbocycles. The molecule has 5 rings (SSSR count). The second-order valence-electron chi connectivity index (χ2n) is 7.88. The highest BCUT2D eigenvalue weighted by molar-refractivity contribution is 5.94. The Morgan fingerprint density at radius 2 is 1.90 bits per heavy atom. The number of aromatic amines is 1. The molecule has 2 aliphatic rings. The fourth-order valence-corrected chi connectivity index (χ4v) is 4.48. The second-order valence-corrected chi connectivity index (χ2v) is 7.88. The summed E-state index contributed by atoms with van der Waals surface area (Å²) in [4.78, 5) is 19.1. The molecule has 0 spiro atoms. The highest BCUT2D eigenvalue weighted by atomic mass is 19.1. The van der Waals surface area contributed by atoms with Gasteiger partial charge >= 0.3 is 0 Å². The minimum Gasteiger partial charge on any atom is -0.488 e. The predicted molar refractivity (Wildman–Crippen MR) is 103 cm³/mol. The largest absolute Gasteiger partial charge is 0.488 e. The number of fused-ring (bicyclic) bond motifs is 2. The molecule has 150 valence electrons. The number of pyridine rings is 1. The number of nitrogens with zero attached hydrogens (tertiary/aromatic N) is 3. The zero-order valence-electron chi connectivity index (χ0n) is 15.7. The average molecular weight is 396 g/mol. The number of aliphatic hydroxyl groups is 1. The number of carbonyl (C=O) groups is 1. The van der Waals surface area contributed by atoms with Gasteiger partial charge in [-0.15, -0.1) is 0 Å². The Bertz CT molecular complexity index is 1040. The van der Waals surface area contributed by atoms with E-state index in [2.05, 4.69) is 15.2 Å². The summed E-state index contributed by atoms with van der Waals surface area (Å²) in [5.41, 5.74) is 0.982. The monoisotopic (exact) mass is 396 g/mol. The molecule has 4 atom stereocenters. The summed E-state index contributed by atoms with van der Waals surface area (Å²) >= 11 is 0. The van der Waals surface area contributed by atoms with E-state index in [4.69, 9.17) is 4.74 Å². The Morgan fingerprint density at radius 1 is 1.14 bits per heavy atom. The van der Waals surface area contributed by atoms with Gasteiger partial charge in [0.1, 0.15) is 23.4 Å². The van der Waals surface area contributed by atoms with Crippen molar-refractivity contribution in [2.24, 2.45) is 11.8 Å². The number of carbonyl (C=O) groups excluding carboxylic acids is 1. The molecule has 0 bridgehead atoms. The molecule has 2 N–H and O–H groups in total. The lowest BCUT2D eigenvalue weighted by Gasteiger charge is -2.35. The number of aromatic nitrogens is 3. The lowest BCUT2D eigenvalue weighted by atomic mass is 9.78. The first-order valence-corrected chi connectivity index (χ1v) is 9.76. The Morgan fingerprint density at radius 3 is 2.69 bits per heavy atom. The maximum atomic E-state index is 13.1. The van der Waals surface area contributed by atoms with Crippen molar-refractivity contribution in [1.29, 1.82) is 0 Å². The minimum absolute atomic E-state index is 0.110. The number of hydrogen-bond donors (Lipinski definition) is 2. The van der Waals surface area contributed by atoms with Gasteiger partial charge in [-0.2, -0.15) is 5.10 Å². The third kappa shape index (κ3) is 3.44. The Balaban J connectivity index is 1.27. The third-order valence-electron chi connectivity index (χ3n) is 5.99. The number of hydrogen-bond acceptors (Lipinski definition) is 5. The van der Waals surface area contributed by atoms with Crippen LogP contribution >= 0.6 is 0 Å². The summed E-state index contributed by atoms with van der Waals surface area (Å²) in [5, 5.41) is 18.1. The van der Waals surface area contributed by atoms with E-state index in [0.717, 1.165) is 5.39 Å². The van der Waals surface area contributed by atoms with Gasteiger partial charge in [0.25, 0.3) is 5.91 Å². The van der Waals surface area contributed by atoms with Gasteiger partial charge in [0, 0.05) is 18.5 Å². The SMILES string of the molecule is O=C(c1ccc2cn[nH]c2n1)N1C[C@H]2C[C@@H](Oc3ccc(F)cc3)[C@H](O)C[C@H]2C1. The number of benzene rings is 1. The van der Waals surface area contributed by atoms with Crippen molar-refractivity contribution in [3.8, 4) is 5.75 Å². The number of nitrogens with one attached hydrogen (secondary N) is 1. The molecule has 2 aromatic heterocycles. The third-order valence-corrected chi connectivity index (χ3v) is 5.99. The van der Waals surface area contributed by atoms with Crippen molar-refractivity contribution in [2.75, 3.05) is 13.1 Å². The summed E-state index contributed by atoms with van der Waals surface area (Å²) in [6, 6.07) is 9.36. The van der Waals surface area contributed by atoms with Gasteiger partial charge in [0.15, 0.2) is 5.65 Å². The van der Waals surface area contributed by atoms with Crippen LogP contribution < -0.4 is 4.74 Å². The van der Waals surface area contributed by atoms with E-state index in [1.54, 1.807) is 24.4 Å². The van der Waals surface area contributed by atoms with Crippen molar-refractivity contribution >= 4 is 16.9 Å². The average Bonchev–Trinajstić information content (AvgIpc) is 3.35. The van der Waals surface area contributed by atoms with Gasteiger partial charge < -0.3 is 14.7 Å². The van der Waals surface area contributed by atoms with Crippen LogP contribution in [-0.2, 0) is 0 Å². The molecule has 8 heteroatoms. The minimum atomic E-state index is -0.615. The molecule has 3 aromatic rings. The second kappa shape index (κ2) is 7.11. The van der Waals surface area contributed by atoms with E-state index in [9.17, 15) is 14.3 Å². The van der Waals surface area contributed by atoms with E-state index in [1.165, 1.54) is 12.1 Å². The van der Waals surface area contributed by atoms with Crippen molar-refractivity contribution in [1.82, 2.24) is 20.1 Å². The summed E-state index contributed by atoms with van der Waals surface area (Å²) in [5.74, 6) is 0.591. The smallest absolute Gasteiger partial charge is 0.272 e. The number of H-pyrrole nitrogens is 1. The van der Waals surface area contributed by atoms with Crippen LogP contribution in [0.4, 0.5) is 4.39 Å².